The molecule has 1 aromatic heterocycles. The second kappa shape index (κ2) is 9.47. The van der Waals surface area contributed by atoms with Crippen molar-refractivity contribution in [3.8, 4) is 5.75 Å². The molecule has 1 heterocycles. The average molecular weight is 418 g/mol. The van der Waals surface area contributed by atoms with E-state index in [9.17, 15) is 13.6 Å². The highest BCUT2D eigenvalue weighted by molar-refractivity contribution is 6.30. The van der Waals surface area contributed by atoms with Gasteiger partial charge in [-0.25, -0.2) is 13.6 Å². The third-order valence-electron chi connectivity index (χ3n) is 4.12. The molecule has 0 saturated heterocycles. The molecular weight excluding hydrogens is 400 g/mol. The van der Waals surface area contributed by atoms with Crippen molar-refractivity contribution in [2.24, 2.45) is 0 Å². The molecule has 0 N–H and O–H groups in total. The van der Waals surface area contributed by atoms with Gasteiger partial charge >= 0.3 is 5.97 Å². The maximum absolute atomic E-state index is 13.9. The number of aromatic nitrogens is 1. The predicted molar refractivity (Wildman–Crippen MR) is 105 cm³/mol. The zero-order valence-electron chi connectivity index (χ0n) is 15.6. The summed E-state index contributed by atoms with van der Waals surface area (Å²) in [6.07, 6.45) is 3.46. The molecule has 0 unspecified atom stereocenters. The van der Waals surface area contributed by atoms with Crippen LogP contribution in [0.4, 0.5) is 8.78 Å². The van der Waals surface area contributed by atoms with Crippen LogP contribution in [0.2, 0.25) is 5.02 Å². The van der Waals surface area contributed by atoms with Crippen molar-refractivity contribution in [3.63, 3.8) is 0 Å². The number of hydrogen-bond acceptors (Lipinski definition) is 4. The van der Waals surface area contributed by atoms with Crippen molar-refractivity contribution in [2.75, 3.05) is 6.61 Å². The molecule has 0 saturated carbocycles. The number of carbonyl (C=O) groups is 1. The fourth-order valence-corrected chi connectivity index (χ4v) is 2.95. The van der Waals surface area contributed by atoms with Gasteiger partial charge in [0.1, 0.15) is 24.0 Å². The number of carbonyl (C=O) groups excluding carboxylic acids is 1. The molecule has 4 nitrogen and oxygen atoms in total. The number of benzene rings is 2. The van der Waals surface area contributed by atoms with Gasteiger partial charge < -0.3 is 9.47 Å². The van der Waals surface area contributed by atoms with E-state index in [4.69, 9.17) is 21.1 Å². The standard InChI is InChI=1S/C22H18ClF2NO3/c1-2-28-22(27)17-8-14(11-26-12-17)7-16-9-18(23)4-6-21(16)29-13-15-3-5-19(24)10-20(15)25/h3-6,8-12H,2,7,13H2,1H3. The number of pyridine rings is 1. The minimum atomic E-state index is -0.674. The molecule has 0 aliphatic carbocycles. The molecule has 0 bridgehead atoms. The highest BCUT2D eigenvalue weighted by Crippen LogP contribution is 2.27. The zero-order chi connectivity index (χ0) is 20.8. The van der Waals surface area contributed by atoms with Gasteiger partial charge in [-0.15, -0.1) is 0 Å². The van der Waals surface area contributed by atoms with Gasteiger partial charge in [-0.3, -0.25) is 4.98 Å². The fourth-order valence-electron chi connectivity index (χ4n) is 2.75. The molecule has 29 heavy (non-hydrogen) atoms. The van der Waals surface area contributed by atoms with Crippen molar-refractivity contribution >= 4 is 17.6 Å². The molecular formula is C22H18ClF2NO3. The Labute approximate surface area is 172 Å². The minimum absolute atomic E-state index is 0.0676. The molecule has 0 aliphatic heterocycles. The summed E-state index contributed by atoms with van der Waals surface area (Å²) in [6.45, 7) is 1.94. The first-order chi connectivity index (χ1) is 14.0. The Morgan fingerprint density at radius 2 is 1.90 bits per heavy atom. The van der Waals surface area contributed by atoms with Crippen LogP contribution in [0.1, 0.15) is 34.0 Å². The van der Waals surface area contributed by atoms with Crippen LogP contribution in [-0.4, -0.2) is 17.6 Å². The quantitative estimate of drug-likeness (QED) is 0.485. The van der Waals surface area contributed by atoms with Crippen LogP contribution < -0.4 is 4.74 Å². The van der Waals surface area contributed by atoms with Gasteiger partial charge in [-0.1, -0.05) is 11.6 Å². The van der Waals surface area contributed by atoms with Crippen molar-refractivity contribution in [3.05, 3.63) is 93.8 Å². The second-order valence-corrected chi connectivity index (χ2v) is 6.69. The van der Waals surface area contributed by atoms with Gasteiger partial charge in [0.05, 0.1) is 12.2 Å². The first-order valence-electron chi connectivity index (χ1n) is 8.92. The summed E-state index contributed by atoms with van der Waals surface area (Å²) in [7, 11) is 0. The van der Waals surface area contributed by atoms with E-state index in [-0.39, 0.29) is 18.8 Å². The minimum Gasteiger partial charge on any atom is -0.489 e. The van der Waals surface area contributed by atoms with Crippen LogP contribution in [0, 0.1) is 11.6 Å². The largest absolute Gasteiger partial charge is 0.489 e. The number of hydrogen-bond donors (Lipinski definition) is 0. The first kappa shape index (κ1) is 20.7. The van der Waals surface area contributed by atoms with Crippen molar-refractivity contribution < 1.29 is 23.0 Å². The van der Waals surface area contributed by atoms with Crippen LogP contribution in [0.15, 0.2) is 54.9 Å². The lowest BCUT2D eigenvalue weighted by Gasteiger charge is -2.13. The first-order valence-corrected chi connectivity index (χ1v) is 9.30. The lowest BCUT2D eigenvalue weighted by atomic mass is 10.0. The molecule has 0 atom stereocenters. The SMILES string of the molecule is CCOC(=O)c1cncc(Cc2cc(Cl)ccc2OCc2ccc(F)cc2F)c1. The summed E-state index contributed by atoms with van der Waals surface area (Å²) < 4.78 is 37.7. The molecule has 0 spiro atoms. The maximum Gasteiger partial charge on any atom is 0.339 e. The summed E-state index contributed by atoms with van der Waals surface area (Å²) in [5, 5.41) is 0.509. The Balaban J connectivity index is 1.80. The number of nitrogens with zero attached hydrogens (tertiary/aromatic N) is 1. The van der Waals surface area contributed by atoms with Gasteiger partial charge in [-0.2, -0.15) is 0 Å². The molecule has 2 aromatic carbocycles. The lowest BCUT2D eigenvalue weighted by molar-refractivity contribution is 0.0525. The van der Waals surface area contributed by atoms with Gasteiger partial charge in [0.2, 0.25) is 0 Å². The van der Waals surface area contributed by atoms with Crippen molar-refractivity contribution in [1.82, 2.24) is 4.98 Å². The summed E-state index contributed by atoms with van der Waals surface area (Å²) in [5.41, 5.74) is 2.08. The topological polar surface area (TPSA) is 48.4 Å². The van der Waals surface area contributed by atoms with Gasteiger partial charge in [0, 0.05) is 41.0 Å². The second-order valence-electron chi connectivity index (χ2n) is 6.26. The lowest BCUT2D eigenvalue weighted by Crippen LogP contribution is -2.06. The van der Waals surface area contributed by atoms with Gasteiger partial charge in [-0.05, 0) is 48.9 Å². The summed E-state index contributed by atoms with van der Waals surface area (Å²) in [5.74, 6) is -1.27. The molecule has 3 aromatic rings. The number of rotatable bonds is 7. The van der Waals surface area contributed by atoms with Crippen LogP contribution in [0.25, 0.3) is 0 Å². The summed E-state index contributed by atoms with van der Waals surface area (Å²) in [4.78, 5) is 16.0. The third kappa shape index (κ3) is 5.51. The predicted octanol–water partition coefficient (Wildman–Crippen LogP) is 5.36. The summed E-state index contributed by atoms with van der Waals surface area (Å²) >= 11 is 6.12. The molecule has 150 valence electrons. The van der Waals surface area contributed by atoms with Crippen LogP contribution >= 0.6 is 11.6 Å². The van der Waals surface area contributed by atoms with Gasteiger partial charge in [0.25, 0.3) is 0 Å². The number of ether oxygens (including phenoxy) is 2. The molecule has 0 radical (unpaired) electrons. The van der Waals surface area contributed by atoms with E-state index in [0.717, 1.165) is 17.2 Å². The van der Waals surface area contributed by atoms with Crippen LogP contribution in [-0.2, 0) is 17.8 Å². The molecule has 7 heteroatoms. The van der Waals surface area contributed by atoms with E-state index in [1.165, 1.54) is 18.3 Å². The van der Waals surface area contributed by atoms with Crippen LogP contribution in [0.3, 0.4) is 0 Å². The molecule has 0 fully saturated rings. The summed E-state index contributed by atoms with van der Waals surface area (Å²) in [6, 6.07) is 10.1. The van der Waals surface area contributed by atoms with Crippen LogP contribution in [0.5, 0.6) is 5.75 Å². The Hall–Kier alpha value is -2.99. The number of halogens is 3. The maximum atomic E-state index is 13.9. The van der Waals surface area contributed by atoms with E-state index in [2.05, 4.69) is 4.98 Å². The van der Waals surface area contributed by atoms with Gasteiger partial charge in [0.15, 0.2) is 0 Å². The normalized spacial score (nSPS) is 10.6. The van der Waals surface area contributed by atoms with E-state index in [1.807, 2.05) is 0 Å². The zero-order valence-corrected chi connectivity index (χ0v) is 16.4. The third-order valence-corrected chi connectivity index (χ3v) is 4.36. The van der Waals surface area contributed by atoms with Crippen molar-refractivity contribution in [2.45, 2.75) is 20.0 Å². The Bertz CT molecular complexity index is 1030. The average Bonchev–Trinajstić information content (AvgIpc) is 2.69. The highest BCUT2D eigenvalue weighted by atomic mass is 35.5. The molecule has 0 amide bonds. The Morgan fingerprint density at radius 3 is 2.66 bits per heavy atom. The fraction of sp³-hybridized carbons (Fsp3) is 0.182. The molecule has 0 aliphatic rings. The highest BCUT2D eigenvalue weighted by Gasteiger charge is 2.12. The monoisotopic (exact) mass is 417 g/mol. The van der Waals surface area contributed by atoms with E-state index in [1.54, 1.807) is 37.4 Å². The smallest absolute Gasteiger partial charge is 0.339 e. The van der Waals surface area contributed by atoms with E-state index in [0.29, 0.717) is 22.8 Å². The van der Waals surface area contributed by atoms with Crippen molar-refractivity contribution in [1.29, 1.82) is 0 Å². The Morgan fingerprint density at radius 1 is 1.07 bits per heavy atom. The number of esters is 1. The van der Waals surface area contributed by atoms with E-state index < -0.39 is 17.6 Å². The Kier molecular flexibility index (Phi) is 6.77. The molecule has 3 rings (SSSR count). The van der Waals surface area contributed by atoms with E-state index >= 15 is 0 Å².